The highest BCUT2D eigenvalue weighted by atomic mass is 35.5. The summed E-state index contributed by atoms with van der Waals surface area (Å²) in [7, 11) is -0.968. The Morgan fingerprint density at radius 2 is 2.05 bits per heavy atom. The van der Waals surface area contributed by atoms with Gasteiger partial charge in [-0.05, 0) is 18.2 Å². The average molecular weight is 330 g/mol. The largest absolute Gasteiger partial charge is 0.478 e. The number of benzene rings is 1. The fraction of sp³-hybridized carbons (Fsp3) is 0.167. The van der Waals surface area contributed by atoms with Gasteiger partial charge in [-0.15, -0.1) is 0 Å². The summed E-state index contributed by atoms with van der Waals surface area (Å²) in [5.74, 6) is -1.26. The van der Waals surface area contributed by atoms with Crippen LogP contribution in [0.3, 0.4) is 0 Å². The Balaban J connectivity index is 2.64. The van der Waals surface area contributed by atoms with Gasteiger partial charge in [-0.3, -0.25) is 0 Å². The summed E-state index contributed by atoms with van der Waals surface area (Å²) in [6.07, 6.45) is 2.79. The molecule has 1 N–H and O–H groups in total. The summed E-state index contributed by atoms with van der Waals surface area (Å²) in [5.41, 5.74) is 0.0461. The highest BCUT2D eigenvalue weighted by Gasteiger charge is 2.21. The average Bonchev–Trinajstić information content (AvgIpc) is 2.84. The maximum Gasteiger partial charge on any atom is 0.337 e. The lowest BCUT2D eigenvalue weighted by molar-refractivity contribution is 0.0696. The van der Waals surface area contributed by atoms with E-state index in [0.717, 1.165) is 10.4 Å². The number of nitrogens with zero attached hydrogens (tertiary/aromatic N) is 3. The van der Waals surface area contributed by atoms with Crippen molar-refractivity contribution in [2.45, 2.75) is 4.90 Å². The molecule has 7 nitrogen and oxygen atoms in total. The van der Waals surface area contributed by atoms with Crippen molar-refractivity contribution in [3.05, 3.63) is 41.2 Å². The Morgan fingerprint density at radius 1 is 1.38 bits per heavy atom. The third-order valence-electron chi connectivity index (χ3n) is 2.77. The number of hydrogen-bond acceptors (Lipinski definition) is 4. The predicted octanol–water partition coefficient (Wildman–Crippen LogP) is 1.47. The maximum atomic E-state index is 12.0. The molecule has 1 heterocycles. The monoisotopic (exact) mass is 329 g/mol. The van der Waals surface area contributed by atoms with E-state index in [-0.39, 0.29) is 16.1 Å². The molecular weight excluding hydrogens is 318 g/mol. The zero-order valence-electron chi connectivity index (χ0n) is 11.2. The van der Waals surface area contributed by atoms with E-state index in [1.54, 1.807) is 0 Å². The Bertz CT molecular complexity index is 799. The van der Waals surface area contributed by atoms with Gasteiger partial charge in [0.25, 0.3) is 0 Å². The molecule has 0 radical (unpaired) electrons. The number of hydrogen-bond donors (Lipinski definition) is 1. The van der Waals surface area contributed by atoms with Crippen LogP contribution in [0, 0.1) is 0 Å². The second kappa shape index (κ2) is 5.47. The molecule has 0 aliphatic heterocycles. The summed E-state index contributed by atoms with van der Waals surface area (Å²) in [6, 6.07) is 3.80. The zero-order chi connectivity index (χ0) is 15.8. The van der Waals surface area contributed by atoms with Crippen LogP contribution in [0.1, 0.15) is 10.4 Å². The van der Waals surface area contributed by atoms with Crippen molar-refractivity contribution in [2.75, 3.05) is 14.1 Å². The molecule has 0 unspecified atom stereocenters. The number of sulfonamides is 1. The molecule has 2 aromatic rings. The first-order valence-corrected chi connectivity index (χ1v) is 7.55. The molecule has 0 amide bonds. The molecule has 0 saturated carbocycles. The zero-order valence-corrected chi connectivity index (χ0v) is 12.8. The van der Waals surface area contributed by atoms with Gasteiger partial charge in [0.2, 0.25) is 10.0 Å². The van der Waals surface area contributed by atoms with Crippen molar-refractivity contribution in [3.63, 3.8) is 0 Å². The third-order valence-corrected chi connectivity index (χ3v) is 4.78. The number of aromatic nitrogens is 2. The van der Waals surface area contributed by atoms with Crippen molar-refractivity contribution >= 4 is 27.6 Å². The second-order valence-electron chi connectivity index (χ2n) is 4.37. The quantitative estimate of drug-likeness (QED) is 0.917. The van der Waals surface area contributed by atoms with Gasteiger partial charge in [0.1, 0.15) is 0 Å². The molecule has 0 fully saturated rings. The first-order valence-electron chi connectivity index (χ1n) is 5.74. The standard InChI is InChI=1S/C12H12ClN3O4S/c1-15(2)21(19,20)9-3-4-11(10(5-9)12(17)18)16-7-8(13)6-14-16/h3-7H,1-2H3,(H,17,18). The highest BCUT2D eigenvalue weighted by Crippen LogP contribution is 2.22. The smallest absolute Gasteiger partial charge is 0.337 e. The summed E-state index contributed by atoms with van der Waals surface area (Å²) in [4.78, 5) is 11.3. The third kappa shape index (κ3) is 2.92. The summed E-state index contributed by atoms with van der Waals surface area (Å²) >= 11 is 5.75. The maximum absolute atomic E-state index is 12.0. The van der Waals surface area contributed by atoms with E-state index >= 15 is 0 Å². The van der Waals surface area contributed by atoms with E-state index in [9.17, 15) is 18.3 Å². The van der Waals surface area contributed by atoms with Crippen LogP contribution in [-0.2, 0) is 10.0 Å². The molecular formula is C12H12ClN3O4S. The minimum atomic E-state index is -3.71. The van der Waals surface area contributed by atoms with Gasteiger partial charge in [0, 0.05) is 20.3 Å². The fourth-order valence-electron chi connectivity index (χ4n) is 1.69. The molecule has 0 atom stereocenters. The summed E-state index contributed by atoms with van der Waals surface area (Å²) in [6.45, 7) is 0. The molecule has 1 aromatic carbocycles. The van der Waals surface area contributed by atoms with Gasteiger partial charge in [0.05, 0.1) is 27.4 Å². The van der Waals surface area contributed by atoms with E-state index in [0.29, 0.717) is 5.02 Å². The SMILES string of the molecule is CN(C)S(=O)(=O)c1ccc(-n2cc(Cl)cn2)c(C(=O)O)c1. The molecule has 1 aromatic heterocycles. The fourth-order valence-corrected chi connectivity index (χ4v) is 2.75. The van der Waals surface area contributed by atoms with Crippen LogP contribution in [0.5, 0.6) is 0 Å². The van der Waals surface area contributed by atoms with E-state index in [1.807, 2.05) is 0 Å². The first-order chi connectivity index (χ1) is 9.73. The normalized spacial score (nSPS) is 11.8. The molecule has 0 saturated heterocycles. The van der Waals surface area contributed by atoms with E-state index in [1.165, 1.54) is 43.3 Å². The minimum absolute atomic E-state index is 0.105. The lowest BCUT2D eigenvalue weighted by Gasteiger charge is -2.13. The van der Waals surface area contributed by atoms with Crippen molar-refractivity contribution in [1.82, 2.24) is 14.1 Å². The Hall–Kier alpha value is -1.90. The second-order valence-corrected chi connectivity index (χ2v) is 6.96. The van der Waals surface area contributed by atoms with Crippen LogP contribution in [-0.4, -0.2) is 47.7 Å². The number of carboxylic acid groups (broad SMARTS) is 1. The van der Waals surface area contributed by atoms with Crippen LogP contribution >= 0.6 is 11.6 Å². The molecule has 0 bridgehead atoms. The van der Waals surface area contributed by atoms with Crippen molar-refractivity contribution in [1.29, 1.82) is 0 Å². The van der Waals surface area contributed by atoms with Crippen LogP contribution in [0.2, 0.25) is 5.02 Å². The number of carbonyl (C=O) groups is 1. The van der Waals surface area contributed by atoms with Crippen molar-refractivity contribution in [2.24, 2.45) is 0 Å². The number of carboxylic acids is 1. The molecule has 2 rings (SSSR count). The van der Waals surface area contributed by atoms with E-state index < -0.39 is 16.0 Å². The summed E-state index contributed by atoms with van der Waals surface area (Å²) in [5, 5.41) is 13.5. The van der Waals surface area contributed by atoms with E-state index in [2.05, 4.69) is 5.10 Å². The van der Waals surface area contributed by atoms with Gasteiger partial charge >= 0.3 is 5.97 Å². The molecule has 112 valence electrons. The van der Waals surface area contributed by atoms with Crippen molar-refractivity contribution in [3.8, 4) is 5.69 Å². The molecule has 9 heteroatoms. The topological polar surface area (TPSA) is 92.5 Å². The van der Waals surface area contributed by atoms with Gasteiger partial charge in [-0.2, -0.15) is 5.10 Å². The Morgan fingerprint density at radius 3 is 2.52 bits per heavy atom. The van der Waals surface area contributed by atoms with Crippen LogP contribution < -0.4 is 0 Å². The minimum Gasteiger partial charge on any atom is -0.478 e. The lowest BCUT2D eigenvalue weighted by atomic mass is 10.2. The van der Waals surface area contributed by atoms with Crippen molar-refractivity contribution < 1.29 is 18.3 Å². The van der Waals surface area contributed by atoms with Gasteiger partial charge in [-0.25, -0.2) is 22.2 Å². The van der Waals surface area contributed by atoms with Gasteiger partial charge in [-0.1, -0.05) is 11.6 Å². The van der Waals surface area contributed by atoms with Gasteiger partial charge in [0.15, 0.2) is 0 Å². The predicted molar refractivity (Wildman–Crippen MR) is 76.4 cm³/mol. The van der Waals surface area contributed by atoms with Crippen LogP contribution in [0.4, 0.5) is 0 Å². The highest BCUT2D eigenvalue weighted by molar-refractivity contribution is 7.89. The Kier molecular flexibility index (Phi) is 4.04. The van der Waals surface area contributed by atoms with Gasteiger partial charge < -0.3 is 5.11 Å². The molecule has 21 heavy (non-hydrogen) atoms. The first kappa shape index (κ1) is 15.5. The number of aromatic carboxylic acids is 1. The number of halogens is 1. The Labute approximate surface area is 126 Å². The summed E-state index contributed by atoms with van der Waals surface area (Å²) < 4.78 is 26.4. The molecule has 0 aliphatic rings. The van der Waals surface area contributed by atoms with Crippen LogP contribution in [0.25, 0.3) is 5.69 Å². The molecule has 0 aliphatic carbocycles. The number of rotatable bonds is 4. The lowest BCUT2D eigenvalue weighted by Crippen LogP contribution is -2.22. The van der Waals surface area contributed by atoms with E-state index in [4.69, 9.17) is 11.6 Å². The molecule has 0 spiro atoms. The van der Waals surface area contributed by atoms with Crippen LogP contribution in [0.15, 0.2) is 35.5 Å².